The Kier molecular flexibility index (Phi) is 5.68. The fraction of sp³-hybridized carbons (Fsp3) is 0.0714. The Balaban J connectivity index is 1.65. The van der Waals surface area contributed by atoms with Gasteiger partial charge in [-0.3, -0.25) is 4.79 Å². The second kappa shape index (κ2) is 9.07. The summed E-state index contributed by atoms with van der Waals surface area (Å²) in [6.45, 7) is 1.76. The van der Waals surface area contributed by atoms with Gasteiger partial charge in [0.05, 0.1) is 10.9 Å². The normalized spacial score (nSPS) is 12.3. The number of fused-ring (bicyclic) bond motifs is 2. The van der Waals surface area contributed by atoms with E-state index in [1.54, 1.807) is 17.7 Å². The highest BCUT2D eigenvalue weighted by Gasteiger charge is 2.27. The molecular weight excluding hydrogens is 508 g/mol. The van der Waals surface area contributed by atoms with Gasteiger partial charge in [-0.05, 0) is 48.9 Å². The molecule has 6 rings (SSSR count). The van der Waals surface area contributed by atoms with Crippen LogP contribution in [0.1, 0.15) is 18.7 Å². The summed E-state index contributed by atoms with van der Waals surface area (Å²) in [7, 11) is 0. The van der Waals surface area contributed by atoms with E-state index in [1.165, 1.54) is 42.7 Å². The van der Waals surface area contributed by atoms with E-state index in [1.807, 2.05) is 24.3 Å². The van der Waals surface area contributed by atoms with Gasteiger partial charge in [-0.15, -0.1) is 12.6 Å². The molecular formula is C28H19F2N5O2S. The topological polar surface area (TPSA) is 99.8 Å². The first-order valence-corrected chi connectivity index (χ1v) is 12.1. The van der Waals surface area contributed by atoms with Crippen LogP contribution in [0.25, 0.3) is 44.4 Å². The lowest BCUT2D eigenvalue weighted by atomic mass is 9.99. The number of benzene rings is 3. The Morgan fingerprint density at radius 3 is 2.50 bits per heavy atom. The Morgan fingerprint density at radius 2 is 1.74 bits per heavy atom. The lowest BCUT2D eigenvalue weighted by Gasteiger charge is -2.17. The van der Waals surface area contributed by atoms with Crippen LogP contribution < -0.4 is 11.2 Å². The van der Waals surface area contributed by atoms with Gasteiger partial charge in [0.1, 0.15) is 52.2 Å². The first kappa shape index (κ1) is 23.8. The number of hydrogen-bond donors (Lipinski definition) is 2. The van der Waals surface area contributed by atoms with Crippen LogP contribution in [0.2, 0.25) is 0 Å². The average molecular weight is 528 g/mol. The molecule has 3 heterocycles. The van der Waals surface area contributed by atoms with Crippen molar-refractivity contribution in [2.75, 3.05) is 5.73 Å². The molecule has 3 aromatic heterocycles. The molecule has 7 nitrogen and oxygen atoms in total. The highest BCUT2D eigenvalue weighted by molar-refractivity contribution is 7.80. The maximum atomic E-state index is 14.8. The molecule has 0 bridgehead atoms. The second-order valence-electron chi connectivity index (χ2n) is 8.77. The zero-order valence-corrected chi connectivity index (χ0v) is 20.8. The monoisotopic (exact) mass is 527 g/mol. The molecule has 2 N–H and O–H groups in total. The summed E-state index contributed by atoms with van der Waals surface area (Å²) in [4.78, 5) is 23.0. The largest absolute Gasteiger partial charge is 0.458 e. The van der Waals surface area contributed by atoms with Gasteiger partial charge in [-0.2, -0.15) is 5.10 Å². The first-order valence-electron chi connectivity index (χ1n) is 11.6. The number of halogens is 2. The van der Waals surface area contributed by atoms with Gasteiger partial charge in [0.25, 0.3) is 0 Å². The van der Waals surface area contributed by atoms with Crippen LogP contribution in [-0.4, -0.2) is 19.7 Å². The van der Waals surface area contributed by atoms with E-state index < -0.39 is 23.1 Å². The fourth-order valence-corrected chi connectivity index (χ4v) is 4.77. The number of hydrogen-bond acceptors (Lipinski definition) is 7. The highest BCUT2D eigenvalue weighted by atomic mass is 32.1. The number of nitrogens with two attached hydrogens (primary N) is 1. The third-order valence-corrected chi connectivity index (χ3v) is 6.71. The predicted molar refractivity (Wildman–Crippen MR) is 144 cm³/mol. The minimum Gasteiger partial charge on any atom is -0.458 e. The molecule has 0 saturated heterocycles. The van der Waals surface area contributed by atoms with Crippen molar-refractivity contribution >= 4 is 40.4 Å². The minimum absolute atomic E-state index is 0.0289. The summed E-state index contributed by atoms with van der Waals surface area (Å²) in [5.41, 5.74) is 7.67. The van der Waals surface area contributed by atoms with Crippen LogP contribution in [0.15, 0.2) is 87.2 Å². The maximum Gasteiger partial charge on any atom is 0.203 e. The van der Waals surface area contributed by atoms with Crippen LogP contribution in [0, 0.1) is 11.6 Å². The summed E-state index contributed by atoms with van der Waals surface area (Å²) in [6, 6.07) is 16.3. The predicted octanol–water partition coefficient (Wildman–Crippen LogP) is 6.03. The second-order valence-corrected chi connectivity index (χ2v) is 9.28. The number of aromatic nitrogens is 4. The first-order chi connectivity index (χ1) is 18.3. The lowest BCUT2D eigenvalue weighted by molar-refractivity contribution is 0.445. The van der Waals surface area contributed by atoms with Crippen LogP contribution in [0.3, 0.4) is 0 Å². The van der Waals surface area contributed by atoms with Gasteiger partial charge in [0, 0.05) is 10.5 Å². The summed E-state index contributed by atoms with van der Waals surface area (Å²) in [5, 5.41) is 5.11. The van der Waals surface area contributed by atoms with Gasteiger partial charge in [-0.25, -0.2) is 23.4 Å². The molecule has 0 fully saturated rings. The molecule has 10 heteroatoms. The Morgan fingerprint density at radius 1 is 0.974 bits per heavy atom. The molecule has 3 aromatic carbocycles. The third kappa shape index (κ3) is 3.81. The molecule has 0 saturated carbocycles. The van der Waals surface area contributed by atoms with Gasteiger partial charge in [0.2, 0.25) is 5.43 Å². The molecule has 38 heavy (non-hydrogen) atoms. The van der Waals surface area contributed by atoms with E-state index in [0.717, 1.165) is 10.5 Å². The Labute approximate surface area is 220 Å². The molecule has 0 aliphatic rings. The zero-order valence-electron chi connectivity index (χ0n) is 19.9. The van der Waals surface area contributed by atoms with Crippen molar-refractivity contribution in [3.8, 4) is 22.4 Å². The number of thiol groups is 1. The third-order valence-electron chi connectivity index (χ3n) is 6.41. The standard InChI is InChI=1S/C28H19F2N5O2S/c1-14(35-28-23(27(31)32-13-33-28)24(34-35)15-8-10-18(38)11-9-15)26-21(16-4-2-5-17(29)12-16)25(36)22-19(30)6-3-7-20(22)37-26/h2-14,38H,1H3,(H2,31,32,33). The fourth-order valence-electron chi connectivity index (χ4n) is 4.63. The van der Waals surface area contributed by atoms with Gasteiger partial charge in [-0.1, -0.05) is 30.3 Å². The summed E-state index contributed by atoms with van der Waals surface area (Å²) in [6.07, 6.45) is 1.32. The van der Waals surface area contributed by atoms with E-state index in [4.69, 9.17) is 15.2 Å². The maximum absolute atomic E-state index is 14.8. The quantitative estimate of drug-likeness (QED) is 0.272. The van der Waals surface area contributed by atoms with E-state index in [-0.39, 0.29) is 33.7 Å². The van der Waals surface area contributed by atoms with Crippen molar-refractivity contribution in [3.63, 3.8) is 0 Å². The van der Waals surface area contributed by atoms with Crippen LogP contribution in [0.5, 0.6) is 0 Å². The molecule has 0 aliphatic heterocycles. The molecule has 0 amide bonds. The summed E-state index contributed by atoms with van der Waals surface area (Å²) >= 11 is 4.35. The van der Waals surface area contributed by atoms with Gasteiger partial charge >= 0.3 is 0 Å². The summed E-state index contributed by atoms with van der Waals surface area (Å²) < 4.78 is 36.7. The molecule has 1 atom stereocenters. The zero-order chi connectivity index (χ0) is 26.6. The molecule has 0 aliphatic carbocycles. The summed E-state index contributed by atoms with van der Waals surface area (Å²) in [5.74, 6) is -0.884. The van der Waals surface area contributed by atoms with Crippen molar-refractivity contribution in [2.45, 2.75) is 17.9 Å². The van der Waals surface area contributed by atoms with Crippen LogP contribution in [-0.2, 0) is 0 Å². The van der Waals surface area contributed by atoms with Crippen molar-refractivity contribution in [1.82, 2.24) is 19.7 Å². The van der Waals surface area contributed by atoms with Crippen molar-refractivity contribution in [1.29, 1.82) is 0 Å². The lowest BCUT2D eigenvalue weighted by Crippen LogP contribution is -2.17. The van der Waals surface area contributed by atoms with Crippen molar-refractivity contribution in [3.05, 3.63) is 101 Å². The smallest absolute Gasteiger partial charge is 0.203 e. The number of nitrogen functional groups attached to an aromatic ring is 1. The number of nitrogens with zero attached hydrogens (tertiary/aromatic N) is 4. The molecule has 0 spiro atoms. The van der Waals surface area contributed by atoms with Gasteiger partial charge in [0.15, 0.2) is 5.65 Å². The van der Waals surface area contributed by atoms with E-state index in [9.17, 15) is 13.6 Å². The van der Waals surface area contributed by atoms with Crippen LogP contribution in [0.4, 0.5) is 14.6 Å². The highest BCUT2D eigenvalue weighted by Crippen LogP contribution is 2.36. The van der Waals surface area contributed by atoms with Crippen LogP contribution >= 0.6 is 12.6 Å². The average Bonchev–Trinajstić information content (AvgIpc) is 3.29. The number of rotatable bonds is 4. The Bertz CT molecular complexity index is 1920. The Hall–Kier alpha value is -4.57. The molecule has 1 unspecified atom stereocenters. The molecule has 188 valence electrons. The van der Waals surface area contributed by atoms with E-state index in [0.29, 0.717) is 16.7 Å². The molecule has 6 aromatic rings. The van der Waals surface area contributed by atoms with E-state index >= 15 is 0 Å². The molecule has 0 radical (unpaired) electrons. The van der Waals surface area contributed by atoms with E-state index in [2.05, 4.69) is 22.6 Å². The van der Waals surface area contributed by atoms with Crippen molar-refractivity contribution in [2.24, 2.45) is 0 Å². The minimum atomic E-state index is -0.733. The van der Waals surface area contributed by atoms with Crippen molar-refractivity contribution < 1.29 is 13.2 Å². The van der Waals surface area contributed by atoms with Gasteiger partial charge < -0.3 is 10.2 Å². The SMILES string of the molecule is CC(c1oc2cccc(F)c2c(=O)c1-c1cccc(F)c1)n1nc(-c2ccc(S)cc2)c2c(N)ncnc21. The number of anilines is 1.